The normalized spacial score (nSPS) is 15.9. The van der Waals surface area contributed by atoms with Crippen LogP contribution in [0.25, 0.3) is 0 Å². The summed E-state index contributed by atoms with van der Waals surface area (Å²) in [5.74, 6) is 1.77. The molecule has 1 saturated carbocycles. The first-order valence-electron chi connectivity index (χ1n) is 7.02. The van der Waals surface area contributed by atoms with Gasteiger partial charge >= 0.3 is 0 Å². The predicted molar refractivity (Wildman–Crippen MR) is 86.7 cm³/mol. The molecule has 0 amide bonds. The molecular formula is C15H21Br2NO. The molecule has 0 aromatic heterocycles. The summed E-state index contributed by atoms with van der Waals surface area (Å²) in [5.41, 5.74) is 1.28. The van der Waals surface area contributed by atoms with Gasteiger partial charge in [-0.2, -0.15) is 0 Å². The van der Waals surface area contributed by atoms with Crippen LogP contribution in [0.4, 0.5) is 0 Å². The minimum absolute atomic E-state index is 0.677. The number of ether oxygens (including phenoxy) is 1. The Bertz CT molecular complexity index is 394. The van der Waals surface area contributed by atoms with E-state index in [-0.39, 0.29) is 0 Å². The summed E-state index contributed by atoms with van der Waals surface area (Å²) in [7, 11) is 0. The van der Waals surface area contributed by atoms with Crippen LogP contribution in [0.2, 0.25) is 0 Å². The summed E-state index contributed by atoms with van der Waals surface area (Å²) in [6.45, 7) is 4.73. The molecule has 1 aliphatic rings. The highest BCUT2D eigenvalue weighted by molar-refractivity contribution is 9.11. The van der Waals surface area contributed by atoms with Crippen LogP contribution in [0.3, 0.4) is 0 Å². The van der Waals surface area contributed by atoms with E-state index in [1.165, 1.54) is 31.2 Å². The van der Waals surface area contributed by atoms with Crippen molar-refractivity contribution in [2.75, 3.05) is 13.2 Å². The summed E-state index contributed by atoms with van der Waals surface area (Å²) in [6, 6.07) is 4.27. The third-order valence-corrected chi connectivity index (χ3v) is 4.76. The van der Waals surface area contributed by atoms with Crippen molar-refractivity contribution in [1.82, 2.24) is 5.32 Å². The van der Waals surface area contributed by atoms with E-state index in [0.29, 0.717) is 6.61 Å². The van der Waals surface area contributed by atoms with Crippen LogP contribution in [0.5, 0.6) is 5.75 Å². The summed E-state index contributed by atoms with van der Waals surface area (Å²) in [6.07, 6.45) is 5.60. The van der Waals surface area contributed by atoms with Gasteiger partial charge in [0.1, 0.15) is 5.75 Å². The number of benzene rings is 1. The van der Waals surface area contributed by atoms with Gasteiger partial charge in [-0.1, -0.05) is 12.8 Å². The van der Waals surface area contributed by atoms with E-state index in [1.807, 2.05) is 6.92 Å². The van der Waals surface area contributed by atoms with E-state index >= 15 is 0 Å². The Labute approximate surface area is 132 Å². The fraction of sp³-hybridized carbons (Fsp3) is 0.600. The van der Waals surface area contributed by atoms with Crippen LogP contribution < -0.4 is 10.1 Å². The Kier molecular flexibility index (Phi) is 6.17. The molecule has 1 N–H and O–H groups in total. The molecule has 1 aromatic rings. The molecule has 0 atom stereocenters. The number of hydrogen-bond donors (Lipinski definition) is 1. The van der Waals surface area contributed by atoms with E-state index in [1.54, 1.807) is 0 Å². The summed E-state index contributed by atoms with van der Waals surface area (Å²) in [5, 5.41) is 3.57. The van der Waals surface area contributed by atoms with Gasteiger partial charge in [-0.15, -0.1) is 0 Å². The van der Waals surface area contributed by atoms with Crippen molar-refractivity contribution in [2.24, 2.45) is 5.92 Å². The molecule has 0 bridgehead atoms. The van der Waals surface area contributed by atoms with Gasteiger partial charge in [-0.25, -0.2) is 0 Å². The maximum absolute atomic E-state index is 5.59. The Morgan fingerprint density at radius 3 is 2.42 bits per heavy atom. The maximum Gasteiger partial charge on any atom is 0.147 e. The fourth-order valence-electron chi connectivity index (χ4n) is 2.63. The highest BCUT2D eigenvalue weighted by Crippen LogP contribution is 2.34. The molecule has 0 unspecified atom stereocenters. The van der Waals surface area contributed by atoms with Gasteiger partial charge in [-0.05, 0) is 81.8 Å². The molecule has 2 rings (SSSR count). The van der Waals surface area contributed by atoms with Crippen LogP contribution in [0.1, 0.15) is 38.2 Å². The van der Waals surface area contributed by atoms with E-state index in [2.05, 4.69) is 49.3 Å². The van der Waals surface area contributed by atoms with Crippen LogP contribution in [-0.4, -0.2) is 13.2 Å². The zero-order valence-corrected chi connectivity index (χ0v) is 14.5. The molecule has 0 saturated heterocycles. The lowest BCUT2D eigenvalue weighted by Crippen LogP contribution is -2.20. The summed E-state index contributed by atoms with van der Waals surface area (Å²) < 4.78 is 7.62. The first kappa shape index (κ1) is 15.3. The molecule has 0 radical (unpaired) electrons. The van der Waals surface area contributed by atoms with Gasteiger partial charge < -0.3 is 10.1 Å². The third-order valence-electron chi connectivity index (χ3n) is 3.58. The van der Waals surface area contributed by atoms with Gasteiger partial charge in [0.25, 0.3) is 0 Å². The Morgan fingerprint density at radius 1 is 1.21 bits per heavy atom. The SMILES string of the molecule is CCOc1c(Br)cc(CNCC2CCCC2)cc1Br. The van der Waals surface area contributed by atoms with Crippen molar-refractivity contribution < 1.29 is 4.74 Å². The number of nitrogens with one attached hydrogen (secondary N) is 1. The largest absolute Gasteiger partial charge is 0.492 e. The van der Waals surface area contributed by atoms with Crippen molar-refractivity contribution in [2.45, 2.75) is 39.2 Å². The lowest BCUT2D eigenvalue weighted by Gasteiger charge is -2.13. The summed E-state index contributed by atoms with van der Waals surface area (Å²) in [4.78, 5) is 0. The van der Waals surface area contributed by atoms with E-state index in [4.69, 9.17) is 4.74 Å². The molecule has 0 aliphatic heterocycles. The van der Waals surface area contributed by atoms with Gasteiger partial charge in [-0.3, -0.25) is 0 Å². The quantitative estimate of drug-likeness (QED) is 0.746. The highest BCUT2D eigenvalue weighted by atomic mass is 79.9. The topological polar surface area (TPSA) is 21.3 Å². The van der Waals surface area contributed by atoms with Crippen LogP contribution >= 0.6 is 31.9 Å². The van der Waals surface area contributed by atoms with Gasteiger partial charge in [0.15, 0.2) is 0 Å². The first-order valence-corrected chi connectivity index (χ1v) is 8.60. The molecule has 0 heterocycles. The van der Waals surface area contributed by atoms with E-state index in [9.17, 15) is 0 Å². The molecular weight excluding hydrogens is 370 g/mol. The smallest absolute Gasteiger partial charge is 0.147 e. The third kappa shape index (κ3) is 4.47. The zero-order chi connectivity index (χ0) is 13.7. The second-order valence-corrected chi connectivity index (χ2v) is 6.81. The molecule has 0 spiro atoms. The molecule has 4 heteroatoms. The van der Waals surface area contributed by atoms with Crippen molar-refractivity contribution in [3.05, 3.63) is 26.6 Å². The molecule has 1 aromatic carbocycles. The van der Waals surface area contributed by atoms with Crippen LogP contribution in [0.15, 0.2) is 21.1 Å². The zero-order valence-electron chi connectivity index (χ0n) is 11.3. The van der Waals surface area contributed by atoms with Crippen molar-refractivity contribution in [3.63, 3.8) is 0 Å². The monoisotopic (exact) mass is 389 g/mol. The molecule has 106 valence electrons. The van der Waals surface area contributed by atoms with E-state index < -0.39 is 0 Å². The number of halogens is 2. The van der Waals surface area contributed by atoms with Gasteiger partial charge in [0.2, 0.25) is 0 Å². The van der Waals surface area contributed by atoms with Crippen molar-refractivity contribution >= 4 is 31.9 Å². The lowest BCUT2D eigenvalue weighted by molar-refractivity contribution is 0.336. The first-order chi connectivity index (χ1) is 9.20. The second-order valence-electron chi connectivity index (χ2n) is 5.10. The predicted octanol–water partition coefficient (Wildman–Crippen LogP) is 4.89. The minimum atomic E-state index is 0.677. The fourth-order valence-corrected chi connectivity index (χ4v) is 4.14. The second kappa shape index (κ2) is 7.65. The van der Waals surface area contributed by atoms with Gasteiger partial charge in [0, 0.05) is 6.54 Å². The number of rotatable bonds is 6. The molecule has 1 fully saturated rings. The van der Waals surface area contributed by atoms with Crippen molar-refractivity contribution in [3.8, 4) is 5.75 Å². The maximum atomic E-state index is 5.59. The minimum Gasteiger partial charge on any atom is -0.492 e. The standard InChI is InChI=1S/C15H21Br2NO/c1-2-19-15-13(16)7-12(8-14(15)17)10-18-9-11-5-3-4-6-11/h7-8,11,18H,2-6,9-10H2,1H3. The average molecular weight is 391 g/mol. The van der Waals surface area contributed by atoms with Crippen LogP contribution in [-0.2, 0) is 6.54 Å². The Hall–Kier alpha value is -0.0600. The summed E-state index contributed by atoms with van der Waals surface area (Å²) >= 11 is 7.15. The number of hydrogen-bond acceptors (Lipinski definition) is 2. The molecule has 2 nitrogen and oxygen atoms in total. The van der Waals surface area contributed by atoms with Gasteiger partial charge in [0.05, 0.1) is 15.6 Å². The lowest BCUT2D eigenvalue weighted by atomic mass is 10.1. The van der Waals surface area contributed by atoms with Crippen LogP contribution in [0, 0.1) is 5.92 Å². The average Bonchev–Trinajstić information content (AvgIpc) is 2.87. The highest BCUT2D eigenvalue weighted by Gasteiger charge is 2.14. The Morgan fingerprint density at radius 2 is 1.84 bits per heavy atom. The molecule has 1 aliphatic carbocycles. The van der Waals surface area contributed by atoms with E-state index in [0.717, 1.165) is 33.7 Å². The Balaban J connectivity index is 1.89. The van der Waals surface area contributed by atoms with Crippen molar-refractivity contribution in [1.29, 1.82) is 0 Å². The molecule has 19 heavy (non-hydrogen) atoms.